The van der Waals surface area contributed by atoms with E-state index in [-0.39, 0.29) is 17.9 Å². The van der Waals surface area contributed by atoms with Crippen LogP contribution in [0.1, 0.15) is 24.5 Å². The van der Waals surface area contributed by atoms with Gasteiger partial charge in [-0.2, -0.15) is 0 Å². The normalized spacial score (nSPS) is 17.8. The van der Waals surface area contributed by atoms with Gasteiger partial charge in [0.2, 0.25) is 11.8 Å². The molecule has 3 rings (SSSR count). The SMILES string of the molecule is Cc1cccc(CN2CCN(CCC(=O)Nc3cccnc3)C(C)C2=O)c1. The number of benzene rings is 1. The Morgan fingerprint density at radius 2 is 2.11 bits per heavy atom. The lowest BCUT2D eigenvalue weighted by Crippen LogP contribution is -2.55. The van der Waals surface area contributed by atoms with E-state index < -0.39 is 0 Å². The predicted molar refractivity (Wildman–Crippen MR) is 105 cm³/mol. The van der Waals surface area contributed by atoms with Gasteiger partial charge in [-0.1, -0.05) is 29.8 Å². The van der Waals surface area contributed by atoms with Crippen LogP contribution in [0.5, 0.6) is 0 Å². The van der Waals surface area contributed by atoms with E-state index >= 15 is 0 Å². The molecular formula is C21H26N4O2. The summed E-state index contributed by atoms with van der Waals surface area (Å²) in [6, 6.07) is 11.6. The van der Waals surface area contributed by atoms with Crippen molar-refractivity contribution < 1.29 is 9.59 Å². The summed E-state index contributed by atoms with van der Waals surface area (Å²) < 4.78 is 0. The molecule has 1 aliphatic rings. The van der Waals surface area contributed by atoms with Crippen molar-refractivity contribution in [2.75, 3.05) is 25.0 Å². The first-order chi connectivity index (χ1) is 13.0. The maximum Gasteiger partial charge on any atom is 0.239 e. The van der Waals surface area contributed by atoms with E-state index in [1.807, 2.05) is 17.9 Å². The van der Waals surface area contributed by atoms with Gasteiger partial charge in [0.05, 0.1) is 17.9 Å². The highest BCUT2D eigenvalue weighted by molar-refractivity contribution is 5.90. The van der Waals surface area contributed by atoms with E-state index in [2.05, 4.69) is 40.3 Å². The van der Waals surface area contributed by atoms with E-state index in [9.17, 15) is 9.59 Å². The van der Waals surface area contributed by atoms with Gasteiger partial charge in [0.1, 0.15) is 0 Å². The van der Waals surface area contributed by atoms with E-state index in [0.29, 0.717) is 31.7 Å². The number of anilines is 1. The van der Waals surface area contributed by atoms with E-state index in [1.165, 1.54) is 5.56 Å². The summed E-state index contributed by atoms with van der Waals surface area (Å²) in [7, 11) is 0. The minimum atomic E-state index is -0.213. The average Bonchev–Trinajstić information content (AvgIpc) is 2.66. The monoisotopic (exact) mass is 366 g/mol. The lowest BCUT2D eigenvalue weighted by atomic mass is 10.1. The molecule has 1 aromatic heterocycles. The van der Waals surface area contributed by atoms with Gasteiger partial charge in [-0.25, -0.2) is 0 Å². The number of nitrogens with zero attached hydrogens (tertiary/aromatic N) is 3. The molecule has 0 spiro atoms. The van der Waals surface area contributed by atoms with Crippen LogP contribution < -0.4 is 5.32 Å². The number of nitrogens with one attached hydrogen (secondary N) is 1. The zero-order valence-corrected chi connectivity index (χ0v) is 15.9. The number of pyridine rings is 1. The third kappa shape index (κ3) is 5.14. The molecule has 2 aromatic rings. The maximum absolute atomic E-state index is 12.7. The van der Waals surface area contributed by atoms with Gasteiger partial charge >= 0.3 is 0 Å². The molecule has 0 bridgehead atoms. The fraction of sp³-hybridized carbons (Fsp3) is 0.381. The van der Waals surface area contributed by atoms with Gasteiger partial charge in [0.25, 0.3) is 0 Å². The van der Waals surface area contributed by atoms with Gasteiger partial charge in [0, 0.05) is 38.8 Å². The first-order valence-corrected chi connectivity index (χ1v) is 9.31. The summed E-state index contributed by atoms with van der Waals surface area (Å²) in [6.07, 6.45) is 3.64. The molecule has 0 saturated carbocycles. The second-order valence-corrected chi connectivity index (χ2v) is 7.00. The Labute approximate surface area is 160 Å². The number of hydrogen-bond donors (Lipinski definition) is 1. The van der Waals surface area contributed by atoms with Crippen LogP contribution in [0.25, 0.3) is 0 Å². The Morgan fingerprint density at radius 3 is 2.85 bits per heavy atom. The lowest BCUT2D eigenvalue weighted by Gasteiger charge is -2.39. The fourth-order valence-electron chi connectivity index (χ4n) is 3.37. The van der Waals surface area contributed by atoms with Crippen molar-refractivity contribution in [3.05, 3.63) is 59.9 Å². The number of amides is 2. The van der Waals surface area contributed by atoms with Crippen molar-refractivity contribution in [1.82, 2.24) is 14.8 Å². The Morgan fingerprint density at radius 1 is 1.26 bits per heavy atom. The molecule has 1 unspecified atom stereocenters. The highest BCUT2D eigenvalue weighted by atomic mass is 16.2. The average molecular weight is 366 g/mol. The molecule has 1 aromatic carbocycles. The first kappa shape index (κ1) is 19.0. The standard InChI is InChI=1S/C21H26N4O2/c1-16-5-3-6-18(13-16)15-25-12-11-24(17(2)21(25)27)10-8-20(26)23-19-7-4-9-22-14-19/h3-7,9,13-14,17H,8,10-12,15H2,1-2H3,(H,23,26). The van der Waals surface area contributed by atoms with Crippen molar-refractivity contribution in [1.29, 1.82) is 0 Å². The van der Waals surface area contributed by atoms with Gasteiger partial charge in [-0.3, -0.25) is 19.5 Å². The van der Waals surface area contributed by atoms with E-state index in [4.69, 9.17) is 0 Å². The van der Waals surface area contributed by atoms with Gasteiger partial charge in [-0.15, -0.1) is 0 Å². The van der Waals surface area contributed by atoms with Crippen LogP contribution >= 0.6 is 0 Å². The summed E-state index contributed by atoms with van der Waals surface area (Å²) in [5.74, 6) is 0.0558. The number of piperazine rings is 1. The third-order valence-electron chi connectivity index (χ3n) is 4.90. The molecular weight excluding hydrogens is 340 g/mol. The highest BCUT2D eigenvalue weighted by Gasteiger charge is 2.31. The van der Waals surface area contributed by atoms with Crippen molar-refractivity contribution in [2.24, 2.45) is 0 Å². The van der Waals surface area contributed by atoms with Crippen LogP contribution in [0.15, 0.2) is 48.8 Å². The number of hydrogen-bond acceptors (Lipinski definition) is 4. The lowest BCUT2D eigenvalue weighted by molar-refractivity contribution is -0.142. The molecule has 1 aliphatic heterocycles. The number of aryl methyl sites for hydroxylation is 1. The largest absolute Gasteiger partial charge is 0.336 e. The van der Waals surface area contributed by atoms with Crippen LogP contribution in [0.3, 0.4) is 0 Å². The van der Waals surface area contributed by atoms with E-state index in [1.54, 1.807) is 24.5 Å². The Bertz CT molecular complexity index is 794. The zero-order chi connectivity index (χ0) is 19.2. The van der Waals surface area contributed by atoms with Crippen LogP contribution in [-0.2, 0) is 16.1 Å². The van der Waals surface area contributed by atoms with Crippen LogP contribution in [0.4, 0.5) is 5.69 Å². The van der Waals surface area contributed by atoms with Crippen LogP contribution in [-0.4, -0.2) is 52.3 Å². The smallest absolute Gasteiger partial charge is 0.239 e. The quantitative estimate of drug-likeness (QED) is 0.853. The molecule has 6 heteroatoms. The predicted octanol–water partition coefficient (Wildman–Crippen LogP) is 2.45. The van der Waals surface area contributed by atoms with Gasteiger partial charge in [0.15, 0.2) is 0 Å². The van der Waals surface area contributed by atoms with Gasteiger partial charge < -0.3 is 10.2 Å². The van der Waals surface area contributed by atoms with Crippen molar-refractivity contribution in [3.63, 3.8) is 0 Å². The molecule has 1 fully saturated rings. The molecule has 2 amide bonds. The Hall–Kier alpha value is -2.73. The minimum absolute atomic E-state index is 0.0650. The number of rotatable bonds is 6. The van der Waals surface area contributed by atoms with Crippen molar-refractivity contribution in [2.45, 2.75) is 32.9 Å². The second kappa shape index (κ2) is 8.77. The molecule has 27 heavy (non-hydrogen) atoms. The number of aromatic nitrogens is 1. The highest BCUT2D eigenvalue weighted by Crippen LogP contribution is 2.16. The second-order valence-electron chi connectivity index (χ2n) is 7.00. The minimum Gasteiger partial charge on any atom is -0.336 e. The fourth-order valence-corrected chi connectivity index (χ4v) is 3.37. The Balaban J connectivity index is 1.50. The summed E-state index contributed by atoms with van der Waals surface area (Å²) in [6.45, 7) is 6.64. The summed E-state index contributed by atoms with van der Waals surface area (Å²) >= 11 is 0. The van der Waals surface area contributed by atoms with Gasteiger partial charge in [-0.05, 0) is 31.5 Å². The van der Waals surface area contributed by atoms with Crippen LogP contribution in [0.2, 0.25) is 0 Å². The summed E-state index contributed by atoms with van der Waals surface area (Å²) in [4.78, 5) is 32.8. The van der Waals surface area contributed by atoms with Crippen molar-refractivity contribution >= 4 is 17.5 Å². The summed E-state index contributed by atoms with van der Waals surface area (Å²) in [5, 5.41) is 2.83. The Kier molecular flexibility index (Phi) is 6.19. The molecule has 1 atom stereocenters. The molecule has 0 radical (unpaired) electrons. The maximum atomic E-state index is 12.7. The molecule has 1 N–H and O–H groups in total. The zero-order valence-electron chi connectivity index (χ0n) is 15.9. The molecule has 2 heterocycles. The first-order valence-electron chi connectivity index (χ1n) is 9.31. The topological polar surface area (TPSA) is 65.5 Å². The number of carbonyl (C=O) groups is 2. The third-order valence-corrected chi connectivity index (χ3v) is 4.90. The molecule has 1 saturated heterocycles. The summed E-state index contributed by atoms with van der Waals surface area (Å²) in [5.41, 5.74) is 3.04. The van der Waals surface area contributed by atoms with E-state index in [0.717, 1.165) is 12.1 Å². The molecule has 142 valence electrons. The van der Waals surface area contributed by atoms with Crippen molar-refractivity contribution in [3.8, 4) is 0 Å². The number of carbonyl (C=O) groups excluding carboxylic acids is 2. The molecule has 6 nitrogen and oxygen atoms in total. The molecule has 0 aliphatic carbocycles. The van der Waals surface area contributed by atoms with Crippen LogP contribution in [0, 0.1) is 6.92 Å².